The van der Waals surface area contributed by atoms with Crippen molar-refractivity contribution in [2.75, 3.05) is 5.32 Å². The van der Waals surface area contributed by atoms with Gasteiger partial charge in [-0.3, -0.25) is 14.2 Å². The van der Waals surface area contributed by atoms with Crippen LogP contribution in [0.3, 0.4) is 0 Å². The van der Waals surface area contributed by atoms with E-state index in [4.69, 9.17) is 11.6 Å². The summed E-state index contributed by atoms with van der Waals surface area (Å²) in [5, 5.41) is 12.0. The summed E-state index contributed by atoms with van der Waals surface area (Å²) in [6, 6.07) is 7.28. The molecule has 0 spiro atoms. The molecule has 1 amide bonds. The number of benzene rings is 1. The van der Waals surface area contributed by atoms with Crippen molar-refractivity contribution in [1.82, 2.24) is 19.6 Å². The number of carbonyl (C=O) groups excluding carboxylic acids is 1. The average molecular weight is 437 g/mol. The van der Waals surface area contributed by atoms with Crippen molar-refractivity contribution in [3.05, 3.63) is 63.1 Å². The van der Waals surface area contributed by atoms with Gasteiger partial charge < -0.3 is 5.32 Å². The Balaban J connectivity index is 1.72. The number of carbonyl (C=O) groups is 1. The second-order valence-electron chi connectivity index (χ2n) is 6.15. The highest BCUT2D eigenvalue weighted by Crippen LogP contribution is 2.21. The van der Waals surface area contributed by atoms with Crippen molar-refractivity contribution in [1.29, 1.82) is 0 Å². The van der Waals surface area contributed by atoms with Crippen LogP contribution in [-0.2, 0) is 11.3 Å². The standard InChI is InChI=1S/C18H19BrClN5O/c1-11-17(19)12(2)25(23-11)9-14-5-4-6-16(7-14)22-18(26)13(3)24-10-15(20)8-21-24/h4-8,10,13H,9H2,1-3H3,(H,22,26). The third-order valence-electron chi connectivity index (χ3n) is 4.17. The summed E-state index contributed by atoms with van der Waals surface area (Å²) >= 11 is 9.41. The zero-order valence-electron chi connectivity index (χ0n) is 14.7. The lowest BCUT2D eigenvalue weighted by Gasteiger charge is -2.13. The van der Waals surface area contributed by atoms with Gasteiger partial charge >= 0.3 is 0 Å². The minimum atomic E-state index is -0.460. The van der Waals surface area contributed by atoms with Crippen molar-refractivity contribution in [3.63, 3.8) is 0 Å². The number of rotatable bonds is 5. The summed E-state index contributed by atoms with van der Waals surface area (Å²) in [4.78, 5) is 12.5. The molecule has 2 aromatic heterocycles. The number of anilines is 1. The lowest BCUT2D eigenvalue weighted by atomic mass is 10.2. The number of amides is 1. The molecule has 6 nitrogen and oxygen atoms in total. The molecule has 3 aromatic rings. The van der Waals surface area contributed by atoms with Gasteiger partial charge in [0.2, 0.25) is 5.91 Å². The smallest absolute Gasteiger partial charge is 0.248 e. The molecule has 1 atom stereocenters. The third kappa shape index (κ3) is 3.99. The van der Waals surface area contributed by atoms with Crippen LogP contribution in [0.4, 0.5) is 5.69 Å². The minimum absolute atomic E-state index is 0.157. The van der Waals surface area contributed by atoms with E-state index in [1.54, 1.807) is 13.1 Å². The van der Waals surface area contributed by atoms with Crippen LogP contribution in [-0.4, -0.2) is 25.5 Å². The Labute approximate surface area is 165 Å². The number of aromatic nitrogens is 4. The first kappa shape index (κ1) is 18.7. The van der Waals surface area contributed by atoms with E-state index < -0.39 is 6.04 Å². The van der Waals surface area contributed by atoms with Crippen LogP contribution >= 0.6 is 27.5 Å². The van der Waals surface area contributed by atoms with Gasteiger partial charge in [-0.1, -0.05) is 23.7 Å². The van der Waals surface area contributed by atoms with Gasteiger partial charge in [0.25, 0.3) is 0 Å². The molecule has 1 unspecified atom stereocenters. The number of nitrogens with one attached hydrogen (secondary N) is 1. The molecular formula is C18H19BrClN5O. The molecule has 0 bridgehead atoms. The van der Waals surface area contributed by atoms with Gasteiger partial charge in [0.05, 0.1) is 33.6 Å². The maximum atomic E-state index is 12.5. The number of nitrogens with zero attached hydrogens (tertiary/aromatic N) is 4. The Kier molecular flexibility index (Phi) is 5.48. The third-order valence-corrected chi connectivity index (χ3v) is 5.51. The SMILES string of the molecule is Cc1nn(Cc2cccc(NC(=O)C(C)n3cc(Cl)cn3)c2)c(C)c1Br. The Morgan fingerprint density at radius 3 is 2.77 bits per heavy atom. The molecule has 26 heavy (non-hydrogen) atoms. The molecule has 3 rings (SSSR count). The van der Waals surface area contributed by atoms with E-state index in [1.807, 2.05) is 42.8 Å². The first-order valence-corrected chi connectivity index (χ1v) is 9.31. The average Bonchev–Trinajstić information content (AvgIpc) is 3.14. The molecule has 2 heterocycles. The zero-order valence-corrected chi connectivity index (χ0v) is 17.0. The van der Waals surface area contributed by atoms with Crippen LogP contribution in [0, 0.1) is 13.8 Å². The summed E-state index contributed by atoms with van der Waals surface area (Å²) in [6.45, 7) is 6.39. The van der Waals surface area contributed by atoms with Crippen LogP contribution in [0.15, 0.2) is 41.1 Å². The van der Waals surface area contributed by atoms with Gasteiger partial charge in [0.1, 0.15) is 6.04 Å². The Hall–Kier alpha value is -2.12. The van der Waals surface area contributed by atoms with Gasteiger partial charge in [-0.15, -0.1) is 0 Å². The fraction of sp³-hybridized carbons (Fsp3) is 0.278. The summed E-state index contributed by atoms with van der Waals surface area (Å²) in [5.74, 6) is -0.157. The van der Waals surface area contributed by atoms with Gasteiger partial charge in [-0.25, -0.2) is 0 Å². The van der Waals surface area contributed by atoms with E-state index in [2.05, 4.69) is 31.4 Å². The fourth-order valence-corrected chi connectivity index (χ4v) is 3.07. The van der Waals surface area contributed by atoms with Crippen LogP contribution in [0.5, 0.6) is 0 Å². The van der Waals surface area contributed by atoms with E-state index in [1.165, 1.54) is 10.9 Å². The van der Waals surface area contributed by atoms with Crippen LogP contribution in [0.1, 0.15) is 29.9 Å². The summed E-state index contributed by atoms with van der Waals surface area (Å²) in [7, 11) is 0. The predicted molar refractivity (Wildman–Crippen MR) is 106 cm³/mol. The highest BCUT2D eigenvalue weighted by molar-refractivity contribution is 9.10. The second-order valence-corrected chi connectivity index (χ2v) is 7.38. The maximum Gasteiger partial charge on any atom is 0.248 e. The zero-order chi connectivity index (χ0) is 18.8. The Morgan fingerprint density at radius 2 is 2.15 bits per heavy atom. The van der Waals surface area contributed by atoms with E-state index in [-0.39, 0.29) is 5.91 Å². The van der Waals surface area contributed by atoms with E-state index in [9.17, 15) is 4.79 Å². The van der Waals surface area contributed by atoms with Gasteiger partial charge in [0.15, 0.2) is 0 Å². The van der Waals surface area contributed by atoms with Gasteiger partial charge in [0, 0.05) is 11.9 Å². The van der Waals surface area contributed by atoms with Crippen LogP contribution < -0.4 is 5.32 Å². The summed E-state index contributed by atoms with van der Waals surface area (Å²) in [6.07, 6.45) is 3.14. The first-order valence-electron chi connectivity index (χ1n) is 8.14. The molecule has 0 saturated carbocycles. The molecule has 0 aliphatic carbocycles. The fourth-order valence-electron chi connectivity index (χ4n) is 2.64. The van der Waals surface area contributed by atoms with Crippen molar-refractivity contribution in [2.45, 2.75) is 33.4 Å². The second kappa shape index (κ2) is 7.63. The van der Waals surface area contributed by atoms with E-state index >= 15 is 0 Å². The molecule has 1 N–H and O–H groups in total. The van der Waals surface area contributed by atoms with Crippen molar-refractivity contribution >= 4 is 39.1 Å². The molecule has 136 valence electrons. The molecule has 0 aliphatic rings. The molecule has 0 radical (unpaired) electrons. The predicted octanol–water partition coefficient (Wildman–Crippen LogP) is 4.36. The van der Waals surface area contributed by atoms with Crippen LogP contribution in [0.2, 0.25) is 5.02 Å². The molecule has 1 aromatic carbocycles. The Bertz CT molecular complexity index is 949. The van der Waals surface area contributed by atoms with E-state index in [0.717, 1.165) is 27.1 Å². The lowest BCUT2D eigenvalue weighted by molar-refractivity contribution is -0.119. The minimum Gasteiger partial charge on any atom is -0.324 e. The summed E-state index contributed by atoms with van der Waals surface area (Å²) in [5.41, 5.74) is 3.81. The molecule has 0 saturated heterocycles. The first-order chi connectivity index (χ1) is 12.3. The molecule has 0 fully saturated rings. The van der Waals surface area contributed by atoms with Crippen LogP contribution in [0.25, 0.3) is 0 Å². The van der Waals surface area contributed by atoms with Crippen molar-refractivity contribution < 1.29 is 4.79 Å². The number of hydrogen-bond donors (Lipinski definition) is 1. The number of aryl methyl sites for hydroxylation is 1. The largest absolute Gasteiger partial charge is 0.324 e. The number of hydrogen-bond acceptors (Lipinski definition) is 3. The summed E-state index contributed by atoms with van der Waals surface area (Å²) < 4.78 is 4.50. The lowest BCUT2D eigenvalue weighted by Crippen LogP contribution is -2.24. The van der Waals surface area contributed by atoms with E-state index in [0.29, 0.717) is 11.6 Å². The highest BCUT2D eigenvalue weighted by Gasteiger charge is 2.16. The van der Waals surface area contributed by atoms with Crippen molar-refractivity contribution in [2.24, 2.45) is 0 Å². The molecular weight excluding hydrogens is 418 g/mol. The molecule has 8 heteroatoms. The molecule has 0 aliphatic heterocycles. The number of halogens is 2. The monoisotopic (exact) mass is 435 g/mol. The normalized spacial score (nSPS) is 12.2. The van der Waals surface area contributed by atoms with Gasteiger partial charge in [-0.2, -0.15) is 10.2 Å². The van der Waals surface area contributed by atoms with Crippen molar-refractivity contribution in [3.8, 4) is 0 Å². The maximum absolute atomic E-state index is 12.5. The van der Waals surface area contributed by atoms with Gasteiger partial charge in [-0.05, 0) is 54.4 Å². The Morgan fingerprint density at radius 1 is 1.38 bits per heavy atom. The topological polar surface area (TPSA) is 64.7 Å². The quantitative estimate of drug-likeness (QED) is 0.646. The highest BCUT2D eigenvalue weighted by atomic mass is 79.9.